The molecule has 0 atom stereocenters. The molecule has 11 nitrogen and oxygen atoms in total. The summed E-state index contributed by atoms with van der Waals surface area (Å²) in [7, 11) is 0. The zero-order valence-electron chi connectivity index (χ0n) is 19.7. The number of hydrogen-bond donors (Lipinski definition) is 4. The second kappa shape index (κ2) is 9.13. The summed E-state index contributed by atoms with van der Waals surface area (Å²) in [4.78, 5) is 46.3. The third-order valence-electron chi connectivity index (χ3n) is 6.00. The van der Waals surface area contributed by atoms with Crippen LogP contribution in [0.15, 0.2) is 48.3 Å². The van der Waals surface area contributed by atoms with Crippen molar-refractivity contribution in [1.29, 1.82) is 0 Å². The van der Waals surface area contributed by atoms with E-state index in [0.717, 1.165) is 33.7 Å². The van der Waals surface area contributed by atoms with E-state index >= 15 is 0 Å². The molecule has 0 radical (unpaired) electrons. The number of nitrogens with one attached hydrogen (secondary N) is 4. The lowest BCUT2D eigenvalue weighted by molar-refractivity contribution is -0.115. The summed E-state index contributed by atoms with van der Waals surface area (Å²) in [5, 5.41) is 15.8. The van der Waals surface area contributed by atoms with Gasteiger partial charge in [0.2, 0.25) is 11.9 Å². The molecule has 4 N–H and O–H groups in total. The maximum Gasteiger partial charge on any atom is 0.326 e. The van der Waals surface area contributed by atoms with Gasteiger partial charge in [-0.15, -0.1) is 11.3 Å². The SMILES string of the molecule is CC(=O)c1ccc(-c2ccccc2CNc2nc(NC3CC3)n3ncc(/C=C4\NC(=O)NC4=O)c3n2)s1. The normalized spacial score (nSPS) is 16.2. The van der Waals surface area contributed by atoms with Crippen LogP contribution in [0.3, 0.4) is 0 Å². The maximum atomic E-state index is 12.0. The first kappa shape index (κ1) is 22.9. The molecule has 3 amide bonds. The van der Waals surface area contributed by atoms with Crippen molar-refractivity contribution in [1.82, 2.24) is 30.2 Å². The van der Waals surface area contributed by atoms with Crippen molar-refractivity contribution in [2.24, 2.45) is 0 Å². The van der Waals surface area contributed by atoms with Crippen LogP contribution in [0.2, 0.25) is 0 Å². The number of urea groups is 1. The van der Waals surface area contributed by atoms with Gasteiger partial charge in [0.15, 0.2) is 11.4 Å². The monoisotopic (exact) mass is 514 g/mol. The summed E-state index contributed by atoms with van der Waals surface area (Å²) >= 11 is 1.47. The van der Waals surface area contributed by atoms with Gasteiger partial charge in [-0.1, -0.05) is 24.3 Å². The predicted molar refractivity (Wildman–Crippen MR) is 139 cm³/mol. The van der Waals surface area contributed by atoms with Gasteiger partial charge in [-0.3, -0.25) is 14.9 Å². The number of aromatic nitrogens is 4. The molecule has 0 bridgehead atoms. The highest BCUT2D eigenvalue weighted by molar-refractivity contribution is 7.17. The summed E-state index contributed by atoms with van der Waals surface area (Å²) in [5.74, 6) is 0.468. The Hall–Kier alpha value is -4.58. The van der Waals surface area contributed by atoms with Crippen LogP contribution >= 0.6 is 11.3 Å². The minimum atomic E-state index is -0.569. The van der Waals surface area contributed by atoms with Crippen LogP contribution in [0.4, 0.5) is 16.7 Å². The summed E-state index contributed by atoms with van der Waals surface area (Å²) in [6.45, 7) is 2.02. The van der Waals surface area contributed by atoms with Gasteiger partial charge in [-0.2, -0.15) is 19.6 Å². The van der Waals surface area contributed by atoms with E-state index in [-0.39, 0.29) is 11.5 Å². The molecule has 1 aliphatic heterocycles. The van der Waals surface area contributed by atoms with E-state index in [1.807, 2.05) is 36.4 Å². The Balaban J connectivity index is 1.32. The van der Waals surface area contributed by atoms with Gasteiger partial charge >= 0.3 is 6.03 Å². The zero-order valence-corrected chi connectivity index (χ0v) is 20.6. The number of benzene rings is 1. The number of thiophene rings is 1. The number of nitrogens with zero attached hydrogens (tertiary/aromatic N) is 4. The van der Waals surface area contributed by atoms with Crippen LogP contribution in [-0.2, 0) is 11.3 Å². The second-order valence-electron chi connectivity index (χ2n) is 8.82. The zero-order chi connectivity index (χ0) is 25.5. The van der Waals surface area contributed by atoms with Crippen molar-refractivity contribution >= 4 is 52.7 Å². The van der Waals surface area contributed by atoms with Crippen LogP contribution in [0.5, 0.6) is 0 Å². The Morgan fingerprint density at radius 3 is 2.73 bits per heavy atom. The number of ketones is 1. The highest BCUT2D eigenvalue weighted by Crippen LogP contribution is 2.32. The number of Topliss-reactive ketones (excluding diaryl/α,β-unsaturated/α-hetero) is 1. The fraction of sp³-hybridized carbons (Fsp3) is 0.200. The Bertz CT molecular complexity index is 1600. The number of carbonyl (C=O) groups is 3. The van der Waals surface area contributed by atoms with Crippen molar-refractivity contribution in [3.63, 3.8) is 0 Å². The fourth-order valence-electron chi connectivity index (χ4n) is 3.98. The number of hydrogen-bond acceptors (Lipinski definition) is 9. The third-order valence-corrected chi connectivity index (χ3v) is 7.22. The smallest absolute Gasteiger partial charge is 0.326 e. The molecule has 1 aromatic carbocycles. The first-order valence-electron chi connectivity index (χ1n) is 11.7. The molecule has 3 aromatic heterocycles. The van der Waals surface area contributed by atoms with Crippen molar-refractivity contribution in [2.45, 2.75) is 32.4 Å². The topological polar surface area (TPSA) is 142 Å². The van der Waals surface area contributed by atoms with Gasteiger partial charge in [0.25, 0.3) is 5.91 Å². The number of carbonyl (C=O) groups excluding carboxylic acids is 3. The first-order chi connectivity index (χ1) is 17.9. The average Bonchev–Trinajstić information content (AvgIpc) is 3.25. The maximum absolute atomic E-state index is 12.0. The lowest BCUT2D eigenvalue weighted by Gasteiger charge is -2.12. The molecule has 6 rings (SSSR count). The van der Waals surface area contributed by atoms with Crippen molar-refractivity contribution < 1.29 is 14.4 Å². The fourth-order valence-corrected chi connectivity index (χ4v) is 4.94. The van der Waals surface area contributed by atoms with Crippen LogP contribution in [0.1, 0.15) is 40.6 Å². The molecule has 186 valence electrons. The number of rotatable bonds is 8. The highest BCUT2D eigenvalue weighted by atomic mass is 32.1. The number of fused-ring (bicyclic) bond motifs is 1. The van der Waals surface area contributed by atoms with E-state index in [0.29, 0.717) is 35.7 Å². The van der Waals surface area contributed by atoms with E-state index in [9.17, 15) is 14.4 Å². The molecule has 1 saturated carbocycles. The van der Waals surface area contributed by atoms with Crippen LogP contribution < -0.4 is 21.3 Å². The van der Waals surface area contributed by atoms with Gasteiger partial charge in [-0.25, -0.2) is 4.79 Å². The molecule has 1 saturated heterocycles. The average molecular weight is 515 g/mol. The van der Waals surface area contributed by atoms with Crippen molar-refractivity contribution in [3.8, 4) is 10.4 Å². The van der Waals surface area contributed by atoms with E-state index in [4.69, 9.17) is 0 Å². The number of imide groups is 1. The molecule has 0 spiro atoms. The molecule has 12 heteroatoms. The van der Waals surface area contributed by atoms with Gasteiger partial charge in [0.1, 0.15) is 5.70 Å². The molecular formula is C25H22N8O3S. The lowest BCUT2D eigenvalue weighted by Crippen LogP contribution is -2.22. The summed E-state index contributed by atoms with van der Waals surface area (Å²) in [5.41, 5.74) is 3.23. The Morgan fingerprint density at radius 1 is 1.16 bits per heavy atom. The highest BCUT2D eigenvalue weighted by Gasteiger charge is 2.26. The summed E-state index contributed by atoms with van der Waals surface area (Å²) < 4.78 is 1.59. The molecule has 1 aliphatic carbocycles. The van der Waals surface area contributed by atoms with Crippen molar-refractivity contribution in [3.05, 3.63) is 64.3 Å². The quantitative estimate of drug-likeness (QED) is 0.159. The van der Waals surface area contributed by atoms with Crippen LogP contribution in [0, 0.1) is 0 Å². The van der Waals surface area contributed by atoms with E-state index in [2.05, 4.69) is 36.3 Å². The second-order valence-corrected chi connectivity index (χ2v) is 9.91. The summed E-state index contributed by atoms with van der Waals surface area (Å²) in [6.07, 6.45) is 5.22. The first-order valence-corrected chi connectivity index (χ1v) is 12.6. The van der Waals surface area contributed by atoms with Crippen LogP contribution in [0.25, 0.3) is 22.2 Å². The molecule has 2 fully saturated rings. The molecule has 37 heavy (non-hydrogen) atoms. The molecule has 2 aliphatic rings. The predicted octanol–water partition coefficient (Wildman–Crippen LogP) is 3.42. The van der Waals surface area contributed by atoms with Gasteiger partial charge in [0.05, 0.1) is 11.1 Å². The van der Waals surface area contributed by atoms with E-state index in [1.165, 1.54) is 11.3 Å². The number of amides is 3. The molecule has 4 aromatic rings. The molecular weight excluding hydrogens is 492 g/mol. The Labute approximate surface area is 215 Å². The minimum Gasteiger partial charge on any atom is -0.351 e. The van der Waals surface area contributed by atoms with E-state index < -0.39 is 11.9 Å². The minimum absolute atomic E-state index is 0.0467. The van der Waals surface area contributed by atoms with Gasteiger partial charge in [-0.05, 0) is 49.1 Å². The Morgan fingerprint density at radius 2 is 2.00 bits per heavy atom. The Kier molecular flexibility index (Phi) is 5.64. The van der Waals surface area contributed by atoms with Crippen LogP contribution in [-0.4, -0.2) is 43.3 Å². The molecule has 4 heterocycles. The molecule has 0 unspecified atom stereocenters. The van der Waals surface area contributed by atoms with E-state index in [1.54, 1.807) is 23.7 Å². The summed E-state index contributed by atoms with van der Waals surface area (Å²) in [6, 6.07) is 11.6. The lowest BCUT2D eigenvalue weighted by atomic mass is 10.1. The van der Waals surface area contributed by atoms with Gasteiger partial charge in [0, 0.05) is 23.0 Å². The number of anilines is 2. The third kappa shape index (κ3) is 4.66. The van der Waals surface area contributed by atoms with Crippen molar-refractivity contribution in [2.75, 3.05) is 10.6 Å². The van der Waals surface area contributed by atoms with Gasteiger partial charge < -0.3 is 16.0 Å². The largest absolute Gasteiger partial charge is 0.351 e. The standard InChI is InChI=1S/C25H22N8O3S/c1-13(34)19-8-9-20(37-19)17-5-3-2-4-14(17)11-26-23-30-21-15(10-18-22(35)31-25(36)29-18)12-27-33(21)24(32-23)28-16-6-7-16/h2-5,8-10,12,16H,6-7,11H2,1H3,(H2,26,28,30,32)(H2,29,31,35,36)/b18-10-.